The monoisotopic (exact) mass is 199 g/mol. The highest BCUT2D eigenvalue weighted by atomic mass is 32.2. The Labute approximate surface area is 78.2 Å². The van der Waals surface area contributed by atoms with Crippen LogP contribution in [-0.4, -0.2) is 15.4 Å². The summed E-state index contributed by atoms with van der Waals surface area (Å²) in [4.78, 5) is 10.5. The van der Waals surface area contributed by atoms with Gasteiger partial charge in [-0.15, -0.1) is 0 Å². The Morgan fingerprint density at radius 3 is 2.54 bits per heavy atom. The first-order chi connectivity index (χ1) is 6.02. The Kier molecular flexibility index (Phi) is 2.77. The molecule has 0 bridgehead atoms. The molecule has 0 aliphatic rings. The maximum absolute atomic E-state index is 11.0. The van der Waals surface area contributed by atoms with Gasteiger partial charge in [0.2, 0.25) is 0 Å². The molecule has 0 heterocycles. The Bertz CT molecular complexity index is 376. The van der Waals surface area contributed by atoms with E-state index in [1.165, 1.54) is 12.3 Å². The van der Waals surface area contributed by atoms with Crippen LogP contribution in [0.5, 0.6) is 0 Å². The molecule has 1 atom stereocenters. The number of benzene rings is 1. The highest BCUT2D eigenvalue weighted by molar-refractivity contribution is 7.84. The number of nitrogens with zero attached hydrogens (tertiary/aromatic N) is 1. The predicted octanol–water partition coefficient (Wildman–Crippen LogP) is 1.64. The van der Waals surface area contributed by atoms with Crippen LogP contribution in [0.2, 0.25) is 0 Å². The summed E-state index contributed by atoms with van der Waals surface area (Å²) in [6, 6.07) is 4.60. The number of hydrogen-bond acceptors (Lipinski definition) is 3. The first-order valence-electron chi connectivity index (χ1n) is 3.61. The van der Waals surface area contributed by atoms with Gasteiger partial charge < -0.3 is 0 Å². The smallest absolute Gasteiger partial charge is 0.258 e. The van der Waals surface area contributed by atoms with Crippen molar-refractivity contribution in [1.82, 2.24) is 0 Å². The van der Waals surface area contributed by atoms with Gasteiger partial charge in [0.1, 0.15) is 0 Å². The molecule has 1 aromatic rings. The number of nitro groups is 1. The summed E-state index contributed by atoms with van der Waals surface area (Å²) in [5.74, 6) is 0. The molecular formula is C8H9NO3S. The lowest BCUT2D eigenvalue weighted by atomic mass is 10.2. The molecule has 0 amide bonds. The summed E-state index contributed by atoms with van der Waals surface area (Å²) in [6.45, 7) is 1.65. The summed E-state index contributed by atoms with van der Waals surface area (Å²) < 4.78 is 11.0. The van der Waals surface area contributed by atoms with E-state index in [-0.39, 0.29) is 5.69 Å². The van der Waals surface area contributed by atoms with E-state index >= 15 is 0 Å². The van der Waals surface area contributed by atoms with Crippen molar-refractivity contribution in [2.75, 3.05) is 6.26 Å². The Balaban J connectivity index is 3.27. The fourth-order valence-corrected chi connectivity index (χ4v) is 1.50. The van der Waals surface area contributed by atoms with E-state index < -0.39 is 15.7 Å². The fourth-order valence-electron chi connectivity index (χ4n) is 0.965. The van der Waals surface area contributed by atoms with Gasteiger partial charge in [-0.1, -0.05) is 6.07 Å². The van der Waals surface area contributed by atoms with E-state index in [1.54, 1.807) is 19.1 Å². The second-order valence-corrected chi connectivity index (χ2v) is 4.04. The molecule has 0 radical (unpaired) electrons. The number of nitro benzene ring substituents is 1. The average Bonchev–Trinajstić information content (AvgIpc) is 2.04. The van der Waals surface area contributed by atoms with E-state index in [4.69, 9.17) is 0 Å². The van der Waals surface area contributed by atoms with Gasteiger partial charge in [-0.05, 0) is 13.0 Å². The van der Waals surface area contributed by atoms with Crippen molar-refractivity contribution in [2.24, 2.45) is 0 Å². The van der Waals surface area contributed by atoms with Gasteiger partial charge in [0.15, 0.2) is 0 Å². The van der Waals surface area contributed by atoms with E-state index in [0.717, 1.165) is 0 Å². The van der Waals surface area contributed by atoms with E-state index in [1.807, 2.05) is 0 Å². The molecule has 0 spiro atoms. The minimum absolute atomic E-state index is 0.0210. The van der Waals surface area contributed by atoms with Crippen LogP contribution in [0.4, 0.5) is 5.69 Å². The normalized spacial score (nSPS) is 12.5. The Morgan fingerprint density at radius 2 is 2.08 bits per heavy atom. The highest BCUT2D eigenvalue weighted by Crippen LogP contribution is 2.20. The summed E-state index contributed by atoms with van der Waals surface area (Å²) >= 11 is 0. The first kappa shape index (κ1) is 9.85. The van der Waals surface area contributed by atoms with Crippen molar-refractivity contribution in [3.8, 4) is 0 Å². The maximum Gasteiger partial charge on any atom is 0.273 e. The van der Waals surface area contributed by atoms with Crippen LogP contribution in [0.15, 0.2) is 23.1 Å². The number of aryl methyl sites for hydroxylation is 1. The van der Waals surface area contributed by atoms with Crippen molar-refractivity contribution >= 4 is 16.5 Å². The van der Waals surface area contributed by atoms with Crippen molar-refractivity contribution in [3.63, 3.8) is 0 Å². The Hall–Kier alpha value is -1.23. The van der Waals surface area contributed by atoms with Gasteiger partial charge in [-0.2, -0.15) is 0 Å². The van der Waals surface area contributed by atoms with E-state index in [2.05, 4.69) is 0 Å². The zero-order chi connectivity index (χ0) is 10.0. The maximum atomic E-state index is 11.0. The van der Waals surface area contributed by atoms with Crippen LogP contribution >= 0.6 is 0 Å². The van der Waals surface area contributed by atoms with Crippen molar-refractivity contribution in [1.29, 1.82) is 0 Å². The Morgan fingerprint density at radius 1 is 1.46 bits per heavy atom. The van der Waals surface area contributed by atoms with Gasteiger partial charge >= 0.3 is 0 Å². The van der Waals surface area contributed by atoms with Gasteiger partial charge in [0.25, 0.3) is 5.69 Å². The van der Waals surface area contributed by atoms with Crippen LogP contribution in [0.25, 0.3) is 0 Å². The lowest BCUT2D eigenvalue weighted by Gasteiger charge is -1.99. The second-order valence-electron chi connectivity index (χ2n) is 2.66. The zero-order valence-corrected chi connectivity index (χ0v) is 8.13. The van der Waals surface area contributed by atoms with E-state index in [9.17, 15) is 14.3 Å². The standard InChI is InChI=1S/C8H9NO3S/c1-6-3-4-7(13(2)12)5-8(6)9(10)11/h3-5H,1-2H3. The van der Waals surface area contributed by atoms with Crippen LogP contribution in [0.3, 0.4) is 0 Å². The lowest BCUT2D eigenvalue weighted by Crippen LogP contribution is -1.94. The van der Waals surface area contributed by atoms with Crippen molar-refractivity contribution < 1.29 is 9.13 Å². The minimum Gasteiger partial charge on any atom is -0.258 e. The number of rotatable bonds is 2. The fraction of sp³-hybridized carbons (Fsp3) is 0.250. The third kappa shape index (κ3) is 2.12. The molecule has 1 unspecified atom stereocenters. The van der Waals surface area contributed by atoms with Crippen LogP contribution in [0.1, 0.15) is 5.56 Å². The largest absolute Gasteiger partial charge is 0.273 e. The second kappa shape index (κ2) is 3.66. The molecule has 0 aliphatic heterocycles. The third-order valence-electron chi connectivity index (χ3n) is 1.71. The molecule has 0 aromatic heterocycles. The van der Waals surface area contributed by atoms with E-state index in [0.29, 0.717) is 10.5 Å². The topological polar surface area (TPSA) is 60.2 Å². The molecule has 0 fully saturated rings. The molecular weight excluding hydrogens is 190 g/mol. The molecule has 5 heteroatoms. The molecule has 13 heavy (non-hydrogen) atoms. The summed E-state index contributed by atoms with van der Waals surface area (Å²) in [6.07, 6.45) is 1.49. The molecule has 70 valence electrons. The summed E-state index contributed by atoms with van der Waals surface area (Å²) in [5.41, 5.74) is 0.604. The average molecular weight is 199 g/mol. The highest BCUT2D eigenvalue weighted by Gasteiger charge is 2.11. The minimum atomic E-state index is -1.17. The third-order valence-corrected chi connectivity index (χ3v) is 2.63. The molecule has 1 rings (SSSR count). The predicted molar refractivity (Wildman–Crippen MR) is 50.2 cm³/mol. The SMILES string of the molecule is Cc1ccc(S(C)=O)cc1[N+](=O)[O-]. The molecule has 0 saturated heterocycles. The van der Waals surface area contributed by atoms with Crippen molar-refractivity contribution in [2.45, 2.75) is 11.8 Å². The zero-order valence-electron chi connectivity index (χ0n) is 7.31. The van der Waals surface area contributed by atoms with Crippen LogP contribution in [-0.2, 0) is 10.8 Å². The first-order valence-corrected chi connectivity index (χ1v) is 5.16. The molecule has 0 N–H and O–H groups in total. The summed E-state index contributed by atoms with van der Waals surface area (Å²) in [5, 5.41) is 10.5. The van der Waals surface area contributed by atoms with Gasteiger partial charge in [0, 0.05) is 22.8 Å². The summed E-state index contributed by atoms with van der Waals surface area (Å²) in [7, 11) is -1.17. The molecule has 4 nitrogen and oxygen atoms in total. The van der Waals surface area contributed by atoms with Crippen LogP contribution in [0, 0.1) is 17.0 Å². The van der Waals surface area contributed by atoms with Crippen LogP contribution < -0.4 is 0 Å². The van der Waals surface area contributed by atoms with Gasteiger partial charge in [-0.3, -0.25) is 14.3 Å². The molecule has 0 aliphatic carbocycles. The quantitative estimate of drug-likeness (QED) is 0.537. The van der Waals surface area contributed by atoms with Crippen molar-refractivity contribution in [3.05, 3.63) is 33.9 Å². The number of hydrogen-bond donors (Lipinski definition) is 0. The van der Waals surface area contributed by atoms with Gasteiger partial charge in [0.05, 0.1) is 15.7 Å². The molecule has 0 saturated carbocycles. The van der Waals surface area contributed by atoms with Gasteiger partial charge in [-0.25, -0.2) is 0 Å². The molecule has 1 aromatic carbocycles. The lowest BCUT2D eigenvalue weighted by molar-refractivity contribution is -0.385.